The fraction of sp³-hybridized carbons (Fsp3) is 0.286. The number of pyridine rings is 1. The van der Waals surface area contributed by atoms with Crippen LogP contribution < -0.4 is 4.74 Å². The number of aromatic hydroxyl groups is 1. The molecule has 18 heavy (non-hydrogen) atoms. The predicted molar refractivity (Wildman–Crippen MR) is 44.2 cm³/mol. The van der Waals surface area contributed by atoms with Gasteiger partial charge in [-0.15, -0.1) is 13.2 Å². The third-order valence-electron chi connectivity index (χ3n) is 1.65. The first-order valence-corrected chi connectivity index (χ1v) is 4.03. The lowest BCUT2D eigenvalue weighted by Crippen LogP contribution is -2.18. The SMILES string of the molecule is O=[N+]([O-])c1c(C(F)F)cnc(OC(F)(F)F)c1O. The Kier molecular flexibility index (Phi) is 3.53. The van der Waals surface area contributed by atoms with Crippen LogP contribution in [0.2, 0.25) is 0 Å². The van der Waals surface area contributed by atoms with Crippen molar-refractivity contribution in [2.24, 2.45) is 0 Å². The lowest BCUT2D eigenvalue weighted by Gasteiger charge is -2.10. The molecule has 1 aromatic rings. The second-order valence-electron chi connectivity index (χ2n) is 2.82. The molecule has 0 aliphatic carbocycles. The average Bonchev–Trinajstić information content (AvgIpc) is 2.17. The maximum atomic E-state index is 12.3. The van der Waals surface area contributed by atoms with Gasteiger partial charge in [0.15, 0.2) is 0 Å². The highest BCUT2D eigenvalue weighted by molar-refractivity contribution is 5.56. The Morgan fingerprint density at radius 3 is 2.39 bits per heavy atom. The third-order valence-corrected chi connectivity index (χ3v) is 1.65. The van der Waals surface area contributed by atoms with E-state index < -0.39 is 40.6 Å². The first kappa shape index (κ1) is 13.9. The Bertz CT molecular complexity index is 476. The zero-order valence-electron chi connectivity index (χ0n) is 8.11. The maximum absolute atomic E-state index is 12.3. The summed E-state index contributed by atoms with van der Waals surface area (Å²) in [4.78, 5) is 11.7. The van der Waals surface area contributed by atoms with Gasteiger partial charge >= 0.3 is 12.0 Å². The number of hydrogen-bond acceptors (Lipinski definition) is 5. The van der Waals surface area contributed by atoms with Crippen molar-refractivity contribution in [1.29, 1.82) is 0 Å². The van der Waals surface area contributed by atoms with Crippen LogP contribution in [0.15, 0.2) is 6.20 Å². The highest BCUT2D eigenvalue weighted by Gasteiger charge is 2.37. The molecule has 1 N–H and O–H groups in total. The van der Waals surface area contributed by atoms with E-state index in [9.17, 15) is 32.1 Å². The molecule has 0 atom stereocenters. The Balaban J connectivity index is 3.35. The molecule has 0 saturated carbocycles. The molecule has 0 radical (unpaired) electrons. The lowest BCUT2D eigenvalue weighted by atomic mass is 10.2. The van der Waals surface area contributed by atoms with Gasteiger partial charge in [0.05, 0.1) is 4.92 Å². The van der Waals surface area contributed by atoms with Crippen molar-refractivity contribution < 1.29 is 36.7 Å². The van der Waals surface area contributed by atoms with E-state index in [1.807, 2.05) is 0 Å². The van der Waals surface area contributed by atoms with Gasteiger partial charge in [-0.25, -0.2) is 13.8 Å². The topological polar surface area (TPSA) is 85.5 Å². The van der Waals surface area contributed by atoms with Gasteiger partial charge in [-0.1, -0.05) is 0 Å². The number of hydrogen-bond donors (Lipinski definition) is 1. The Labute approximate surface area is 94.8 Å². The lowest BCUT2D eigenvalue weighted by molar-refractivity contribution is -0.387. The van der Waals surface area contributed by atoms with Crippen molar-refractivity contribution in [1.82, 2.24) is 4.98 Å². The summed E-state index contributed by atoms with van der Waals surface area (Å²) in [5, 5.41) is 19.5. The fourth-order valence-corrected chi connectivity index (χ4v) is 1.02. The molecule has 11 heteroatoms. The standard InChI is InChI=1S/C7H3F5N2O4/c8-5(9)2-1-13-6(18-7(10,11)12)4(15)3(2)14(16)17/h1,5,15H. The summed E-state index contributed by atoms with van der Waals surface area (Å²) in [7, 11) is 0. The van der Waals surface area contributed by atoms with Gasteiger partial charge in [0.25, 0.3) is 18.1 Å². The number of aromatic nitrogens is 1. The molecule has 6 nitrogen and oxygen atoms in total. The second kappa shape index (κ2) is 4.58. The van der Waals surface area contributed by atoms with E-state index in [0.29, 0.717) is 0 Å². The number of nitro groups is 1. The van der Waals surface area contributed by atoms with Gasteiger partial charge < -0.3 is 9.84 Å². The van der Waals surface area contributed by atoms with E-state index in [1.54, 1.807) is 0 Å². The van der Waals surface area contributed by atoms with E-state index in [1.165, 1.54) is 0 Å². The third kappa shape index (κ3) is 2.93. The molecule has 0 unspecified atom stereocenters. The molecular weight excluding hydrogens is 271 g/mol. The van der Waals surface area contributed by atoms with Gasteiger partial charge in [0.2, 0.25) is 0 Å². The van der Waals surface area contributed by atoms with Crippen molar-refractivity contribution in [3.8, 4) is 11.6 Å². The molecule has 0 spiro atoms. The minimum absolute atomic E-state index is 0.129. The first-order chi connectivity index (χ1) is 8.13. The smallest absolute Gasteiger partial charge is 0.498 e. The normalized spacial score (nSPS) is 11.7. The number of alkyl halides is 5. The molecule has 1 aromatic heterocycles. The number of halogens is 5. The Hall–Kier alpha value is -2.20. The first-order valence-electron chi connectivity index (χ1n) is 4.03. The highest BCUT2D eigenvalue weighted by atomic mass is 19.4. The summed E-state index contributed by atoms with van der Waals surface area (Å²) in [6.07, 6.45) is -8.53. The summed E-state index contributed by atoms with van der Waals surface area (Å²) in [5.41, 5.74) is -2.90. The second-order valence-corrected chi connectivity index (χ2v) is 2.82. The highest BCUT2D eigenvalue weighted by Crippen LogP contribution is 2.41. The van der Waals surface area contributed by atoms with Crippen molar-refractivity contribution in [2.75, 3.05) is 0 Å². The zero-order valence-corrected chi connectivity index (χ0v) is 8.11. The number of ether oxygens (including phenoxy) is 1. The van der Waals surface area contributed by atoms with Gasteiger partial charge in [-0.2, -0.15) is 0 Å². The van der Waals surface area contributed by atoms with Crippen molar-refractivity contribution in [3.05, 3.63) is 21.9 Å². The van der Waals surface area contributed by atoms with Crippen LogP contribution in [0, 0.1) is 10.1 Å². The molecule has 0 bridgehead atoms. The fourth-order valence-electron chi connectivity index (χ4n) is 1.02. The summed E-state index contributed by atoms with van der Waals surface area (Å²) in [6.45, 7) is 0. The van der Waals surface area contributed by atoms with Crippen molar-refractivity contribution in [3.63, 3.8) is 0 Å². The largest absolute Gasteiger partial charge is 0.574 e. The molecule has 0 amide bonds. The minimum atomic E-state index is -5.27. The van der Waals surface area contributed by atoms with Gasteiger partial charge in [0.1, 0.15) is 5.56 Å². The van der Waals surface area contributed by atoms with Crippen LogP contribution in [0.4, 0.5) is 27.6 Å². The summed E-state index contributed by atoms with van der Waals surface area (Å²) in [5.74, 6) is -3.28. The van der Waals surface area contributed by atoms with Crippen LogP contribution >= 0.6 is 0 Å². The van der Waals surface area contributed by atoms with E-state index >= 15 is 0 Å². The average molecular weight is 274 g/mol. The Morgan fingerprint density at radius 2 is 2.00 bits per heavy atom. The molecular formula is C7H3F5N2O4. The minimum Gasteiger partial charge on any atom is -0.498 e. The molecule has 0 saturated heterocycles. The zero-order chi connectivity index (χ0) is 14.1. The predicted octanol–water partition coefficient (Wildman–Crippen LogP) is 2.53. The van der Waals surface area contributed by atoms with Crippen LogP contribution in [0.3, 0.4) is 0 Å². The van der Waals surface area contributed by atoms with Crippen LogP contribution in [-0.2, 0) is 0 Å². The van der Waals surface area contributed by atoms with Crippen molar-refractivity contribution in [2.45, 2.75) is 12.8 Å². The monoisotopic (exact) mass is 274 g/mol. The van der Waals surface area contributed by atoms with Crippen molar-refractivity contribution >= 4 is 5.69 Å². The quantitative estimate of drug-likeness (QED) is 0.520. The van der Waals surface area contributed by atoms with Crippen LogP contribution in [0.1, 0.15) is 12.0 Å². The van der Waals surface area contributed by atoms with E-state index in [0.717, 1.165) is 0 Å². The number of nitrogens with zero attached hydrogens (tertiary/aromatic N) is 2. The van der Waals surface area contributed by atoms with Crippen LogP contribution in [0.5, 0.6) is 11.6 Å². The Morgan fingerprint density at radius 1 is 1.44 bits per heavy atom. The van der Waals surface area contributed by atoms with Crippen LogP contribution in [-0.4, -0.2) is 21.4 Å². The molecule has 0 fully saturated rings. The van der Waals surface area contributed by atoms with Gasteiger partial charge in [-0.05, 0) is 0 Å². The summed E-state index contributed by atoms with van der Waals surface area (Å²) in [6, 6.07) is 0. The summed E-state index contributed by atoms with van der Waals surface area (Å²) >= 11 is 0. The molecule has 0 aromatic carbocycles. The maximum Gasteiger partial charge on any atom is 0.574 e. The molecule has 1 heterocycles. The van der Waals surface area contributed by atoms with E-state index in [-0.39, 0.29) is 6.20 Å². The van der Waals surface area contributed by atoms with Gasteiger partial charge in [0, 0.05) is 6.20 Å². The molecule has 0 aliphatic heterocycles. The van der Waals surface area contributed by atoms with Crippen LogP contribution in [0.25, 0.3) is 0 Å². The van der Waals surface area contributed by atoms with E-state index in [4.69, 9.17) is 5.11 Å². The van der Waals surface area contributed by atoms with Gasteiger partial charge in [-0.3, -0.25) is 10.1 Å². The molecule has 0 aliphatic rings. The molecule has 100 valence electrons. The summed E-state index contributed by atoms with van der Waals surface area (Å²) < 4.78 is 63.3. The molecule has 1 rings (SSSR count). The number of rotatable bonds is 3. The van der Waals surface area contributed by atoms with E-state index in [2.05, 4.69) is 9.72 Å².